The first-order valence-electron chi connectivity index (χ1n) is 14.1. The largest absolute Gasteiger partial charge is 0.507 e. The number of ketones is 1. The number of aliphatic hydroxyl groups is 1. The number of ether oxygens (including phenoxy) is 3. The molecule has 41 heavy (non-hydrogen) atoms. The van der Waals surface area contributed by atoms with Crippen molar-refractivity contribution in [3.05, 3.63) is 101 Å². The molecule has 2 aliphatic rings. The summed E-state index contributed by atoms with van der Waals surface area (Å²) in [5, 5.41) is 11.4. The molecule has 0 aliphatic carbocycles. The molecule has 1 amide bonds. The van der Waals surface area contributed by atoms with E-state index in [-0.39, 0.29) is 11.3 Å². The minimum Gasteiger partial charge on any atom is -0.507 e. The Morgan fingerprint density at radius 3 is 2.22 bits per heavy atom. The van der Waals surface area contributed by atoms with E-state index in [0.717, 1.165) is 30.8 Å². The maximum absolute atomic E-state index is 13.4. The van der Waals surface area contributed by atoms with Crippen LogP contribution in [0.4, 0.5) is 0 Å². The zero-order valence-corrected chi connectivity index (χ0v) is 23.3. The number of carbonyl (C=O) groups excluding carboxylic acids is 2. The van der Waals surface area contributed by atoms with E-state index in [1.54, 1.807) is 29.2 Å². The monoisotopic (exact) mass is 556 g/mol. The zero-order valence-electron chi connectivity index (χ0n) is 23.3. The van der Waals surface area contributed by atoms with Gasteiger partial charge in [-0.15, -0.1) is 0 Å². The van der Waals surface area contributed by atoms with Crippen LogP contribution in [0.3, 0.4) is 0 Å². The molecule has 0 aromatic heterocycles. The van der Waals surface area contributed by atoms with E-state index in [1.165, 1.54) is 0 Å². The van der Waals surface area contributed by atoms with Crippen LogP contribution >= 0.6 is 0 Å². The molecule has 2 aliphatic heterocycles. The summed E-state index contributed by atoms with van der Waals surface area (Å²) in [5.41, 5.74) is 2.33. The first-order valence-corrected chi connectivity index (χ1v) is 14.1. The number of carbonyl (C=O) groups is 2. The van der Waals surface area contributed by atoms with Crippen molar-refractivity contribution in [2.45, 2.75) is 26.0 Å². The molecule has 0 radical (unpaired) electrons. The molecule has 5 rings (SSSR count). The van der Waals surface area contributed by atoms with Gasteiger partial charge in [0.1, 0.15) is 23.9 Å². The SMILES string of the molecule is CCOc1ccc(C(O)=C2C(=O)C(=O)N(CCCN3CCOCC3)C2c2ccc(OCc3ccccc3)cc2)cc1. The molecule has 2 saturated heterocycles. The van der Waals surface area contributed by atoms with Crippen LogP contribution in [0, 0.1) is 0 Å². The Kier molecular flexibility index (Phi) is 9.33. The number of nitrogens with zero attached hydrogens (tertiary/aromatic N) is 2. The van der Waals surface area contributed by atoms with Crippen LogP contribution in [0.5, 0.6) is 11.5 Å². The van der Waals surface area contributed by atoms with Crippen molar-refractivity contribution >= 4 is 17.4 Å². The minimum absolute atomic E-state index is 0.0866. The van der Waals surface area contributed by atoms with Crippen molar-refractivity contribution in [2.24, 2.45) is 0 Å². The van der Waals surface area contributed by atoms with Gasteiger partial charge in [-0.1, -0.05) is 42.5 Å². The van der Waals surface area contributed by atoms with E-state index in [0.29, 0.717) is 56.5 Å². The van der Waals surface area contributed by atoms with Gasteiger partial charge >= 0.3 is 0 Å². The Bertz CT molecular complexity index is 1350. The van der Waals surface area contributed by atoms with E-state index in [4.69, 9.17) is 14.2 Å². The molecule has 214 valence electrons. The number of hydrogen-bond donors (Lipinski definition) is 1. The lowest BCUT2D eigenvalue weighted by atomic mass is 9.95. The average molecular weight is 557 g/mol. The molecule has 8 heteroatoms. The van der Waals surface area contributed by atoms with Gasteiger partial charge in [0.05, 0.1) is 31.4 Å². The van der Waals surface area contributed by atoms with Crippen LogP contribution in [0.15, 0.2) is 84.4 Å². The predicted octanol–water partition coefficient (Wildman–Crippen LogP) is 4.81. The van der Waals surface area contributed by atoms with E-state index in [1.807, 2.05) is 61.5 Å². The molecule has 2 heterocycles. The van der Waals surface area contributed by atoms with Crippen LogP contribution in [-0.2, 0) is 20.9 Å². The Balaban J connectivity index is 1.41. The normalized spacial score (nSPS) is 19.0. The molecule has 1 unspecified atom stereocenters. The van der Waals surface area contributed by atoms with Crippen molar-refractivity contribution in [3.8, 4) is 11.5 Å². The van der Waals surface area contributed by atoms with Crippen molar-refractivity contribution in [3.63, 3.8) is 0 Å². The predicted molar refractivity (Wildman–Crippen MR) is 156 cm³/mol. The Hall–Kier alpha value is -4.14. The zero-order chi connectivity index (χ0) is 28.6. The van der Waals surface area contributed by atoms with E-state index < -0.39 is 17.7 Å². The summed E-state index contributed by atoms with van der Waals surface area (Å²) in [4.78, 5) is 30.6. The van der Waals surface area contributed by atoms with Gasteiger partial charge in [-0.3, -0.25) is 14.5 Å². The summed E-state index contributed by atoms with van der Waals surface area (Å²) in [6.45, 7) is 7.13. The molecule has 3 aromatic carbocycles. The number of rotatable bonds is 11. The maximum atomic E-state index is 13.4. The second-order valence-corrected chi connectivity index (χ2v) is 10.1. The number of morpholine rings is 1. The quantitative estimate of drug-likeness (QED) is 0.206. The molecule has 0 bridgehead atoms. The first kappa shape index (κ1) is 28.4. The fraction of sp³-hybridized carbons (Fsp3) is 0.333. The lowest BCUT2D eigenvalue weighted by Crippen LogP contribution is -2.38. The Morgan fingerprint density at radius 2 is 1.54 bits per heavy atom. The number of hydrogen-bond acceptors (Lipinski definition) is 7. The number of Topliss-reactive ketones (excluding diaryl/α,β-unsaturated/α-hetero) is 1. The van der Waals surface area contributed by atoms with Gasteiger partial charge in [-0.2, -0.15) is 0 Å². The van der Waals surface area contributed by atoms with Gasteiger partial charge < -0.3 is 24.2 Å². The highest BCUT2D eigenvalue weighted by molar-refractivity contribution is 6.46. The summed E-state index contributed by atoms with van der Waals surface area (Å²) in [7, 11) is 0. The molecule has 0 spiro atoms. The molecule has 0 saturated carbocycles. The average Bonchev–Trinajstić information content (AvgIpc) is 3.26. The van der Waals surface area contributed by atoms with Gasteiger partial charge in [0, 0.05) is 31.7 Å². The third-order valence-corrected chi connectivity index (χ3v) is 7.40. The Labute approximate surface area is 240 Å². The number of aliphatic hydroxyl groups excluding tert-OH is 1. The second kappa shape index (κ2) is 13.5. The van der Waals surface area contributed by atoms with Gasteiger partial charge in [0.2, 0.25) is 0 Å². The Morgan fingerprint density at radius 1 is 0.878 bits per heavy atom. The minimum atomic E-state index is -0.713. The van der Waals surface area contributed by atoms with Crippen LogP contribution in [0.25, 0.3) is 5.76 Å². The van der Waals surface area contributed by atoms with Crippen LogP contribution < -0.4 is 9.47 Å². The third kappa shape index (κ3) is 6.78. The molecule has 1 N–H and O–H groups in total. The highest BCUT2D eigenvalue weighted by atomic mass is 16.5. The number of amides is 1. The molecule has 1 atom stereocenters. The van der Waals surface area contributed by atoms with Crippen LogP contribution in [0.1, 0.15) is 36.1 Å². The van der Waals surface area contributed by atoms with Gasteiger partial charge in [-0.25, -0.2) is 0 Å². The van der Waals surface area contributed by atoms with Gasteiger partial charge in [0.15, 0.2) is 0 Å². The van der Waals surface area contributed by atoms with Crippen molar-refractivity contribution < 1.29 is 28.9 Å². The summed E-state index contributed by atoms with van der Waals surface area (Å²) < 4.78 is 16.9. The van der Waals surface area contributed by atoms with Crippen LogP contribution in [-0.4, -0.2) is 72.6 Å². The summed E-state index contributed by atoms with van der Waals surface area (Å²) in [6, 6.07) is 23.4. The van der Waals surface area contributed by atoms with Crippen molar-refractivity contribution in [1.82, 2.24) is 9.80 Å². The molecular weight excluding hydrogens is 520 g/mol. The third-order valence-electron chi connectivity index (χ3n) is 7.40. The standard InChI is InChI=1S/C33H36N2O6/c1-2-40-27-15-11-26(12-16-27)31(36)29-30(25-9-13-28(14-10-25)41-23-24-7-4-3-5-8-24)35(33(38)32(29)37)18-6-17-34-19-21-39-22-20-34/h3-5,7-16,30,36H,2,6,17-23H2,1H3. The molecule has 8 nitrogen and oxygen atoms in total. The lowest BCUT2D eigenvalue weighted by molar-refractivity contribution is -0.140. The maximum Gasteiger partial charge on any atom is 0.295 e. The van der Waals surface area contributed by atoms with E-state index in [2.05, 4.69) is 4.90 Å². The van der Waals surface area contributed by atoms with E-state index in [9.17, 15) is 14.7 Å². The smallest absolute Gasteiger partial charge is 0.295 e. The fourth-order valence-electron chi connectivity index (χ4n) is 5.27. The van der Waals surface area contributed by atoms with Gasteiger partial charge in [-0.05, 0) is 60.9 Å². The number of likely N-dealkylation sites (tertiary alicyclic amines) is 1. The fourth-order valence-corrected chi connectivity index (χ4v) is 5.27. The summed E-state index contributed by atoms with van der Waals surface area (Å²) in [6.07, 6.45) is 0.699. The summed E-state index contributed by atoms with van der Waals surface area (Å²) in [5.74, 6) is -0.147. The van der Waals surface area contributed by atoms with E-state index >= 15 is 0 Å². The van der Waals surface area contributed by atoms with Crippen LogP contribution in [0.2, 0.25) is 0 Å². The topological polar surface area (TPSA) is 88.5 Å². The molecule has 2 fully saturated rings. The van der Waals surface area contributed by atoms with Crippen molar-refractivity contribution in [1.29, 1.82) is 0 Å². The van der Waals surface area contributed by atoms with Crippen molar-refractivity contribution in [2.75, 3.05) is 46.0 Å². The second-order valence-electron chi connectivity index (χ2n) is 10.1. The number of benzene rings is 3. The lowest BCUT2D eigenvalue weighted by Gasteiger charge is -2.29. The highest BCUT2D eigenvalue weighted by Gasteiger charge is 2.45. The molecular formula is C33H36N2O6. The van der Waals surface area contributed by atoms with Gasteiger partial charge in [0.25, 0.3) is 11.7 Å². The first-order chi connectivity index (χ1) is 20.0. The summed E-state index contributed by atoms with van der Waals surface area (Å²) >= 11 is 0. The highest BCUT2D eigenvalue weighted by Crippen LogP contribution is 2.40. The molecule has 3 aromatic rings.